The number of nitrogens with one attached hydrogen (secondary N) is 1. The van der Waals surface area contributed by atoms with E-state index in [9.17, 15) is 4.79 Å². The first kappa shape index (κ1) is 6.97. The smallest absolute Gasteiger partial charge is 0.312 e. The highest BCUT2D eigenvalue weighted by atomic mass is 33.1. The molecule has 0 fully saturated rings. The lowest BCUT2D eigenvalue weighted by atomic mass is 11.0. The van der Waals surface area contributed by atoms with Gasteiger partial charge in [0, 0.05) is 0 Å². The summed E-state index contributed by atoms with van der Waals surface area (Å²) in [5.41, 5.74) is 4.68. The Hall–Kier alpha value is -0.0300. The quantitative estimate of drug-likeness (QED) is 0.290. The largest absolute Gasteiger partial charge is 0.352 e. The van der Waals surface area contributed by atoms with Crippen LogP contribution in [-0.2, 0) is 0 Å². The second-order valence-corrected chi connectivity index (χ2v) is 2.14. The molecule has 0 aliphatic heterocycles. The summed E-state index contributed by atoms with van der Waals surface area (Å²) in [6.45, 7) is 0. The van der Waals surface area contributed by atoms with Gasteiger partial charge in [-0.25, -0.2) is 4.79 Å². The van der Waals surface area contributed by atoms with Crippen molar-refractivity contribution in [2.45, 2.75) is 0 Å². The van der Waals surface area contributed by atoms with Crippen LogP contribution in [0.5, 0.6) is 0 Å². The molecule has 0 aliphatic rings. The third-order valence-electron chi connectivity index (χ3n) is 0.311. The SMILES string of the molecule is NC(=O)NCSS. The van der Waals surface area contributed by atoms with Crippen molar-refractivity contribution in [2.24, 2.45) is 5.73 Å². The molecule has 42 valence electrons. The number of urea groups is 1. The summed E-state index contributed by atoms with van der Waals surface area (Å²) in [6, 6.07) is -0.512. The van der Waals surface area contributed by atoms with Crippen molar-refractivity contribution in [1.82, 2.24) is 5.32 Å². The fourth-order valence-electron chi connectivity index (χ4n) is 0.103. The molecule has 0 unspecified atom stereocenters. The van der Waals surface area contributed by atoms with Gasteiger partial charge in [-0.3, -0.25) is 0 Å². The molecule has 2 amide bonds. The second kappa shape index (κ2) is 4.14. The summed E-state index contributed by atoms with van der Waals surface area (Å²) in [4.78, 5) is 9.82. The lowest BCUT2D eigenvalue weighted by Gasteiger charge is -1.92. The van der Waals surface area contributed by atoms with Gasteiger partial charge in [0.15, 0.2) is 0 Å². The molecule has 0 rings (SSSR count). The van der Waals surface area contributed by atoms with Gasteiger partial charge in [0.2, 0.25) is 0 Å². The molecular weight excluding hydrogens is 132 g/mol. The van der Waals surface area contributed by atoms with Crippen LogP contribution in [0.25, 0.3) is 0 Å². The zero-order valence-corrected chi connectivity index (χ0v) is 5.26. The monoisotopic (exact) mass is 138 g/mol. The van der Waals surface area contributed by atoms with E-state index in [1.54, 1.807) is 0 Å². The van der Waals surface area contributed by atoms with Crippen LogP contribution < -0.4 is 11.1 Å². The highest BCUT2D eigenvalue weighted by molar-refractivity contribution is 8.68. The number of amides is 2. The van der Waals surface area contributed by atoms with Crippen LogP contribution in [-0.4, -0.2) is 11.9 Å². The van der Waals surface area contributed by atoms with Crippen LogP contribution in [0.3, 0.4) is 0 Å². The maximum atomic E-state index is 9.82. The molecule has 0 radical (unpaired) electrons. The van der Waals surface area contributed by atoms with Crippen LogP contribution in [0.15, 0.2) is 0 Å². The van der Waals surface area contributed by atoms with Gasteiger partial charge < -0.3 is 11.1 Å². The minimum atomic E-state index is -0.512. The number of hydrogen-bond acceptors (Lipinski definition) is 3. The summed E-state index contributed by atoms with van der Waals surface area (Å²) < 4.78 is 0. The van der Waals surface area contributed by atoms with E-state index in [1.807, 2.05) is 0 Å². The molecule has 0 saturated carbocycles. The summed E-state index contributed by atoms with van der Waals surface area (Å²) in [7, 11) is 1.21. The van der Waals surface area contributed by atoms with Crippen LogP contribution >= 0.6 is 22.5 Å². The summed E-state index contributed by atoms with van der Waals surface area (Å²) in [5.74, 6) is 0.457. The van der Waals surface area contributed by atoms with Gasteiger partial charge in [-0.2, -0.15) is 0 Å². The molecule has 0 aromatic rings. The van der Waals surface area contributed by atoms with Gasteiger partial charge in [-0.1, -0.05) is 10.8 Å². The first-order valence-electron chi connectivity index (χ1n) is 1.57. The molecule has 3 nitrogen and oxygen atoms in total. The average molecular weight is 138 g/mol. The summed E-state index contributed by atoms with van der Waals surface area (Å²) >= 11 is 3.74. The third kappa shape index (κ3) is 5.97. The molecule has 0 aliphatic carbocycles. The van der Waals surface area contributed by atoms with Crippen LogP contribution in [0.4, 0.5) is 4.79 Å². The molecule has 0 bridgehead atoms. The third-order valence-corrected chi connectivity index (χ3v) is 0.972. The van der Waals surface area contributed by atoms with Crippen LogP contribution in [0, 0.1) is 0 Å². The van der Waals surface area contributed by atoms with Gasteiger partial charge in [0.25, 0.3) is 0 Å². The van der Waals surface area contributed by atoms with E-state index in [-0.39, 0.29) is 0 Å². The van der Waals surface area contributed by atoms with Crippen molar-refractivity contribution in [2.75, 3.05) is 5.88 Å². The highest BCUT2D eigenvalue weighted by Crippen LogP contribution is 1.99. The molecule has 7 heavy (non-hydrogen) atoms. The molecule has 0 aromatic heterocycles. The highest BCUT2D eigenvalue weighted by Gasteiger charge is 1.84. The predicted octanol–water partition coefficient (Wildman–Crippen LogP) is 0.190. The fourth-order valence-corrected chi connectivity index (χ4v) is 0.504. The lowest BCUT2D eigenvalue weighted by Crippen LogP contribution is -2.28. The number of thiol groups is 1. The maximum absolute atomic E-state index is 9.82. The zero-order chi connectivity index (χ0) is 5.70. The Labute approximate surface area is 50.8 Å². The standard InChI is InChI=1S/C2H6N2OS2/c3-2(5)4-1-7-6/h6H,1H2,(H3,3,4,5). The van der Waals surface area contributed by atoms with Crippen molar-refractivity contribution >= 4 is 28.5 Å². The first-order chi connectivity index (χ1) is 3.27. The van der Waals surface area contributed by atoms with Crippen LogP contribution in [0.1, 0.15) is 0 Å². The Morgan fingerprint density at radius 1 is 2.00 bits per heavy atom. The Morgan fingerprint density at radius 2 is 2.57 bits per heavy atom. The van der Waals surface area contributed by atoms with Crippen molar-refractivity contribution in [3.63, 3.8) is 0 Å². The molecule has 5 heteroatoms. The molecule has 0 spiro atoms. The van der Waals surface area contributed by atoms with Crippen molar-refractivity contribution < 1.29 is 4.79 Å². The maximum Gasteiger partial charge on any atom is 0.312 e. The molecule has 0 heterocycles. The molecular formula is C2H6N2OS2. The number of carbonyl (C=O) groups excluding carboxylic acids is 1. The minimum Gasteiger partial charge on any atom is -0.352 e. The Kier molecular flexibility index (Phi) is 4.12. The first-order valence-corrected chi connectivity index (χ1v) is 3.61. The number of carbonyl (C=O) groups is 1. The molecule has 0 saturated heterocycles. The van der Waals surface area contributed by atoms with Gasteiger partial charge in [-0.05, 0) is 0 Å². The topological polar surface area (TPSA) is 55.1 Å². The van der Waals surface area contributed by atoms with Gasteiger partial charge in [-0.15, -0.1) is 11.7 Å². The van der Waals surface area contributed by atoms with Gasteiger partial charge in [0.05, 0.1) is 5.88 Å². The Balaban J connectivity index is 2.82. The van der Waals surface area contributed by atoms with E-state index in [0.29, 0.717) is 5.88 Å². The minimum absolute atomic E-state index is 0.457. The average Bonchev–Trinajstić information content (AvgIpc) is 1.61. The molecule has 0 aromatic carbocycles. The molecule has 3 N–H and O–H groups in total. The second-order valence-electron chi connectivity index (χ2n) is 0.814. The van der Waals surface area contributed by atoms with Crippen molar-refractivity contribution in [3.05, 3.63) is 0 Å². The summed E-state index contributed by atoms with van der Waals surface area (Å²) in [6.07, 6.45) is 0. The molecule has 0 atom stereocenters. The normalized spacial score (nSPS) is 8.14. The summed E-state index contributed by atoms with van der Waals surface area (Å²) in [5, 5.41) is 2.32. The Morgan fingerprint density at radius 3 is 2.71 bits per heavy atom. The van der Waals surface area contributed by atoms with E-state index in [2.05, 4.69) is 22.7 Å². The zero-order valence-electron chi connectivity index (χ0n) is 3.55. The van der Waals surface area contributed by atoms with Crippen molar-refractivity contribution in [3.8, 4) is 0 Å². The predicted molar refractivity (Wildman–Crippen MR) is 34.2 cm³/mol. The number of hydrogen-bond donors (Lipinski definition) is 3. The number of nitrogens with two attached hydrogens (primary N) is 1. The van der Waals surface area contributed by atoms with E-state index in [4.69, 9.17) is 0 Å². The van der Waals surface area contributed by atoms with E-state index >= 15 is 0 Å². The van der Waals surface area contributed by atoms with Gasteiger partial charge in [0.1, 0.15) is 0 Å². The Bertz CT molecular complexity index is 66.7. The van der Waals surface area contributed by atoms with E-state index in [0.717, 1.165) is 0 Å². The fraction of sp³-hybridized carbons (Fsp3) is 0.500. The number of rotatable bonds is 2. The van der Waals surface area contributed by atoms with Gasteiger partial charge >= 0.3 is 6.03 Å². The number of primary amides is 1. The van der Waals surface area contributed by atoms with E-state index < -0.39 is 6.03 Å². The lowest BCUT2D eigenvalue weighted by molar-refractivity contribution is 0.250. The van der Waals surface area contributed by atoms with Crippen LogP contribution in [0.2, 0.25) is 0 Å². The van der Waals surface area contributed by atoms with Crippen molar-refractivity contribution in [1.29, 1.82) is 0 Å². The van der Waals surface area contributed by atoms with E-state index in [1.165, 1.54) is 10.8 Å².